The Morgan fingerprint density at radius 2 is 1.82 bits per heavy atom. The third-order valence-electron chi connectivity index (χ3n) is 6.19. The van der Waals surface area contributed by atoms with Crippen molar-refractivity contribution in [3.63, 3.8) is 0 Å². The summed E-state index contributed by atoms with van der Waals surface area (Å²) in [6.45, 7) is 2.80. The third kappa shape index (κ3) is 5.17. The van der Waals surface area contributed by atoms with Gasteiger partial charge in [0.15, 0.2) is 17.3 Å². The topological polar surface area (TPSA) is 89.0 Å². The van der Waals surface area contributed by atoms with E-state index in [1.54, 1.807) is 54.2 Å². The number of aliphatic hydroxyl groups is 1. The zero-order chi connectivity index (χ0) is 26.5. The van der Waals surface area contributed by atoms with Crippen molar-refractivity contribution in [1.82, 2.24) is 9.88 Å². The Hall–Kier alpha value is -4.43. The first-order chi connectivity index (χ1) is 18.6. The number of aliphatic hydroxyl groups excluding tert-OH is 1. The van der Waals surface area contributed by atoms with Crippen molar-refractivity contribution in [3.8, 4) is 11.5 Å². The fourth-order valence-electron chi connectivity index (χ4n) is 4.44. The number of thiophene rings is 1. The van der Waals surface area contributed by atoms with Gasteiger partial charge in [-0.05, 0) is 53.3 Å². The SMILES string of the molecule is CCOc1cc(C2C(C(=O)c3cccs3)=C(O)C(=O)N2Cc2cccnc2)ccc1OCc1ccccc1. The molecule has 0 saturated heterocycles. The Labute approximate surface area is 224 Å². The quantitative estimate of drug-likeness (QED) is 0.259. The average Bonchev–Trinajstić information content (AvgIpc) is 3.57. The lowest BCUT2D eigenvalue weighted by Gasteiger charge is -2.27. The molecule has 0 aliphatic carbocycles. The van der Waals surface area contributed by atoms with Gasteiger partial charge in [0, 0.05) is 18.9 Å². The van der Waals surface area contributed by atoms with Crippen LogP contribution in [0.4, 0.5) is 0 Å². The van der Waals surface area contributed by atoms with Crippen LogP contribution in [0.2, 0.25) is 0 Å². The Balaban J connectivity index is 1.53. The van der Waals surface area contributed by atoms with Gasteiger partial charge in [0.25, 0.3) is 5.91 Å². The predicted molar refractivity (Wildman–Crippen MR) is 144 cm³/mol. The van der Waals surface area contributed by atoms with E-state index in [9.17, 15) is 14.7 Å². The third-order valence-corrected chi connectivity index (χ3v) is 7.06. The van der Waals surface area contributed by atoms with Crippen LogP contribution in [-0.4, -0.2) is 33.3 Å². The zero-order valence-electron chi connectivity index (χ0n) is 20.7. The minimum atomic E-state index is -0.820. The van der Waals surface area contributed by atoms with Crippen LogP contribution in [0.15, 0.2) is 102 Å². The zero-order valence-corrected chi connectivity index (χ0v) is 21.6. The molecular formula is C30H26N2O5S. The maximum Gasteiger partial charge on any atom is 0.290 e. The maximum atomic E-state index is 13.5. The summed E-state index contributed by atoms with van der Waals surface area (Å²) >= 11 is 1.26. The molecule has 1 unspecified atom stereocenters. The molecule has 8 heteroatoms. The Morgan fingerprint density at radius 1 is 1.00 bits per heavy atom. The summed E-state index contributed by atoms with van der Waals surface area (Å²) in [5.74, 6) is -0.501. The number of ether oxygens (including phenoxy) is 2. The number of nitrogens with zero attached hydrogens (tertiary/aromatic N) is 2. The number of rotatable bonds is 10. The normalized spacial score (nSPS) is 15.1. The van der Waals surface area contributed by atoms with Gasteiger partial charge in [0.1, 0.15) is 6.61 Å². The molecule has 38 heavy (non-hydrogen) atoms. The molecule has 7 nitrogen and oxygen atoms in total. The monoisotopic (exact) mass is 526 g/mol. The van der Waals surface area contributed by atoms with Gasteiger partial charge in [-0.15, -0.1) is 11.3 Å². The Morgan fingerprint density at radius 3 is 2.53 bits per heavy atom. The highest BCUT2D eigenvalue weighted by molar-refractivity contribution is 7.12. The Bertz CT molecular complexity index is 1450. The van der Waals surface area contributed by atoms with E-state index in [0.29, 0.717) is 35.2 Å². The van der Waals surface area contributed by atoms with Crippen LogP contribution in [0.1, 0.15) is 39.3 Å². The molecule has 2 aromatic heterocycles. The van der Waals surface area contributed by atoms with Crippen molar-refractivity contribution in [2.24, 2.45) is 0 Å². The minimum Gasteiger partial charge on any atom is -0.503 e. The van der Waals surface area contributed by atoms with Crippen molar-refractivity contribution in [3.05, 3.63) is 123 Å². The summed E-state index contributed by atoms with van der Waals surface area (Å²) in [6, 6.07) is 21.4. The van der Waals surface area contributed by atoms with E-state index in [-0.39, 0.29) is 17.9 Å². The van der Waals surface area contributed by atoms with E-state index in [4.69, 9.17) is 9.47 Å². The first-order valence-corrected chi connectivity index (χ1v) is 13.1. The number of benzene rings is 2. The summed E-state index contributed by atoms with van der Waals surface area (Å²) in [5.41, 5.74) is 2.46. The lowest BCUT2D eigenvalue weighted by molar-refractivity contribution is -0.130. The van der Waals surface area contributed by atoms with Crippen molar-refractivity contribution in [1.29, 1.82) is 0 Å². The van der Waals surface area contributed by atoms with Crippen molar-refractivity contribution >= 4 is 23.0 Å². The van der Waals surface area contributed by atoms with Gasteiger partial charge in [-0.1, -0.05) is 48.5 Å². The number of amides is 1. The maximum absolute atomic E-state index is 13.5. The summed E-state index contributed by atoms with van der Waals surface area (Å²) in [5, 5.41) is 12.7. The van der Waals surface area contributed by atoms with E-state index in [1.165, 1.54) is 16.2 Å². The minimum absolute atomic E-state index is 0.0433. The van der Waals surface area contributed by atoms with Gasteiger partial charge < -0.3 is 19.5 Å². The van der Waals surface area contributed by atoms with Crippen LogP contribution in [0.5, 0.6) is 11.5 Å². The predicted octanol–water partition coefficient (Wildman–Crippen LogP) is 5.90. The van der Waals surface area contributed by atoms with Crippen LogP contribution < -0.4 is 9.47 Å². The molecular weight excluding hydrogens is 500 g/mol. The van der Waals surface area contributed by atoms with Crippen LogP contribution in [0, 0.1) is 0 Å². The molecule has 192 valence electrons. The van der Waals surface area contributed by atoms with Crippen LogP contribution in [-0.2, 0) is 17.9 Å². The molecule has 1 aliphatic heterocycles. The lowest BCUT2D eigenvalue weighted by atomic mass is 9.95. The van der Waals surface area contributed by atoms with Gasteiger partial charge in [-0.2, -0.15) is 0 Å². The second-order valence-corrected chi connectivity index (χ2v) is 9.63. The van der Waals surface area contributed by atoms with E-state index >= 15 is 0 Å². The van der Waals surface area contributed by atoms with E-state index in [2.05, 4.69) is 4.98 Å². The second kappa shape index (κ2) is 11.3. The molecule has 1 atom stereocenters. The van der Waals surface area contributed by atoms with Crippen molar-refractivity contribution in [2.75, 3.05) is 6.61 Å². The van der Waals surface area contributed by atoms with Crippen molar-refractivity contribution < 1.29 is 24.2 Å². The number of carbonyl (C=O) groups excluding carboxylic acids is 2. The number of Topliss-reactive ketones (excluding diaryl/α,β-unsaturated/α-hetero) is 1. The average molecular weight is 527 g/mol. The highest BCUT2D eigenvalue weighted by Crippen LogP contribution is 2.43. The summed E-state index contributed by atoms with van der Waals surface area (Å²) < 4.78 is 12.0. The molecule has 0 saturated carbocycles. The van der Waals surface area contributed by atoms with E-state index in [1.807, 2.05) is 43.3 Å². The number of pyridine rings is 1. The van der Waals surface area contributed by atoms with Crippen LogP contribution in [0.3, 0.4) is 0 Å². The first-order valence-electron chi connectivity index (χ1n) is 12.2. The molecule has 2 aromatic carbocycles. The number of hydrogen-bond donors (Lipinski definition) is 1. The molecule has 0 bridgehead atoms. The largest absolute Gasteiger partial charge is 0.503 e. The molecule has 0 radical (unpaired) electrons. The molecule has 0 fully saturated rings. The fraction of sp³-hybridized carbons (Fsp3) is 0.167. The number of aromatic nitrogens is 1. The molecule has 5 rings (SSSR count). The standard InChI is InChI=1S/C30H26N2O5S/c1-2-36-24-16-22(12-13-23(24)37-19-20-8-4-3-5-9-20)27-26(28(33)25-11-7-15-38-25)29(34)30(35)32(27)18-21-10-6-14-31-17-21/h3-17,27,34H,2,18-19H2,1H3. The molecule has 4 aromatic rings. The number of ketones is 1. The van der Waals surface area contributed by atoms with Crippen LogP contribution >= 0.6 is 11.3 Å². The van der Waals surface area contributed by atoms with E-state index in [0.717, 1.165) is 11.1 Å². The van der Waals surface area contributed by atoms with Gasteiger partial charge in [0.2, 0.25) is 5.78 Å². The molecule has 1 aliphatic rings. The second-order valence-electron chi connectivity index (χ2n) is 8.68. The summed E-state index contributed by atoms with van der Waals surface area (Å²) in [4.78, 5) is 32.9. The van der Waals surface area contributed by atoms with Crippen LogP contribution in [0.25, 0.3) is 0 Å². The highest BCUT2D eigenvalue weighted by Gasteiger charge is 2.44. The Kier molecular flexibility index (Phi) is 7.51. The summed E-state index contributed by atoms with van der Waals surface area (Å²) in [6.07, 6.45) is 3.31. The van der Waals surface area contributed by atoms with Crippen molar-refractivity contribution in [2.45, 2.75) is 26.1 Å². The number of hydrogen-bond acceptors (Lipinski definition) is 7. The number of carbonyl (C=O) groups is 2. The smallest absolute Gasteiger partial charge is 0.290 e. The molecule has 3 heterocycles. The fourth-order valence-corrected chi connectivity index (χ4v) is 5.12. The van der Waals surface area contributed by atoms with Gasteiger partial charge >= 0.3 is 0 Å². The molecule has 1 amide bonds. The lowest BCUT2D eigenvalue weighted by Crippen LogP contribution is -2.30. The molecule has 0 spiro atoms. The van der Waals surface area contributed by atoms with Gasteiger partial charge in [-0.3, -0.25) is 14.6 Å². The van der Waals surface area contributed by atoms with E-state index < -0.39 is 17.7 Å². The van der Waals surface area contributed by atoms with Gasteiger partial charge in [0.05, 0.1) is 23.1 Å². The van der Waals surface area contributed by atoms with Gasteiger partial charge in [-0.25, -0.2) is 0 Å². The first kappa shape index (κ1) is 25.2. The summed E-state index contributed by atoms with van der Waals surface area (Å²) in [7, 11) is 0. The highest BCUT2D eigenvalue weighted by atomic mass is 32.1. The molecule has 1 N–H and O–H groups in total.